The summed E-state index contributed by atoms with van der Waals surface area (Å²) in [4.78, 5) is 34.5. The molecule has 8 aromatic rings. The number of methoxy groups -OCH3 is 1. The van der Waals surface area contributed by atoms with Crippen LogP contribution < -0.4 is 52.2 Å². The molecule has 27 heteroatoms. The van der Waals surface area contributed by atoms with E-state index in [1.165, 1.54) is 107 Å². The molecule has 24 nitrogen and oxygen atoms in total. The van der Waals surface area contributed by atoms with Crippen molar-refractivity contribution < 1.29 is 71.7 Å². The maximum absolute atomic E-state index is 11.9. The number of hydrogen-bond donors (Lipinski definition) is 15. The third kappa shape index (κ3) is 30.0. The molecule has 0 atom stereocenters. The van der Waals surface area contributed by atoms with Crippen LogP contribution in [-0.4, -0.2) is 97.3 Å². The average Bonchev–Trinajstić information content (AvgIpc) is 2.05. The Morgan fingerprint density at radius 1 is 0.483 bits per heavy atom. The Balaban J connectivity index is 0.000000523. The number of anilines is 9. The number of ether oxygens (including phenoxy) is 1. The molecule has 0 heterocycles. The Morgan fingerprint density at radius 3 is 1.35 bits per heavy atom. The predicted molar refractivity (Wildman–Crippen MR) is 356 cm³/mol. The van der Waals surface area contributed by atoms with Gasteiger partial charge in [0.25, 0.3) is 10.0 Å². The second-order valence-corrected chi connectivity index (χ2v) is 22.3. The third-order valence-electron chi connectivity index (χ3n) is 11.2. The molecular weight excluding hydrogens is 1210 g/mol. The van der Waals surface area contributed by atoms with E-state index in [1.807, 2.05) is 33.0 Å². The van der Waals surface area contributed by atoms with Crippen molar-refractivity contribution in [2.75, 3.05) is 74.5 Å². The first-order valence-corrected chi connectivity index (χ1v) is 29.6. The van der Waals surface area contributed by atoms with E-state index in [2.05, 4.69) is 37.2 Å². The molecule has 0 radical (unpaired) electrons. The zero-order valence-corrected chi connectivity index (χ0v) is 53.0. The van der Waals surface area contributed by atoms with Gasteiger partial charge in [0.05, 0.1) is 29.6 Å². The molecule has 0 saturated carbocycles. The number of carbonyl (C=O) groups is 3. The number of amides is 3. The monoisotopic (exact) mass is 1290 g/mol. The Kier molecular flexibility index (Phi) is 32.0. The van der Waals surface area contributed by atoms with Gasteiger partial charge in [-0.2, -0.15) is 0 Å². The minimum Gasteiger partial charge on any atom is -0.508 e. The Labute approximate surface area is 524 Å². The second-order valence-electron chi connectivity index (χ2n) is 18.9. The van der Waals surface area contributed by atoms with Crippen molar-refractivity contribution in [3.05, 3.63) is 180 Å². The summed E-state index contributed by atoms with van der Waals surface area (Å²) in [5.41, 5.74) is 23.5. The van der Waals surface area contributed by atoms with Crippen molar-refractivity contribution in [2.24, 2.45) is 0 Å². The first-order chi connectivity index (χ1) is 41.1. The van der Waals surface area contributed by atoms with E-state index in [4.69, 9.17) is 42.4 Å². The van der Waals surface area contributed by atoms with Gasteiger partial charge in [-0.05, 0) is 184 Å². The summed E-state index contributed by atoms with van der Waals surface area (Å²) in [5, 5.41) is 71.6. The number of aryl methyl sites for hydroxylation is 3. The van der Waals surface area contributed by atoms with Gasteiger partial charge in [0, 0.05) is 80.2 Å². The van der Waals surface area contributed by atoms with E-state index in [9.17, 15) is 46.5 Å². The summed E-state index contributed by atoms with van der Waals surface area (Å²) in [7, 11) is -3.28. The maximum atomic E-state index is 11.9. The van der Waals surface area contributed by atoms with Crippen molar-refractivity contribution in [3.63, 3.8) is 0 Å². The molecular formula is C62H78ClN9O15S2. The van der Waals surface area contributed by atoms with Crippen molar-refractivity contribution in [3.8, 4) is 46.0 Å². The number of nitrogens with zero attached hydrogens (tertiary/aromatic N) is 1. The fourth-order valence-electron chi connectivity index (χ4n) is 6.66. The molecule has 0 aliphatic carbocycles. The number of hydrogen-bond acceptors (Lipinski definition) is 19. The number of sulfonamides is 2. The number of rotatable bonds is 11. The minimum atomic E-state index is -3.56. The normalized spacial score (nSPS) is 9.96. The lowest BCUT2D eigenvalue weighted by Crippen LogP contribution is -2.15. The third-order valence-corrected chi connectivity index (χ3v) is 13.2. The SMILES string of the molecule is CC(=O)Nc1cc(N)ccc1O.CC(=O)Nc1ccc(O)c(NC(C)=O)c1.CCN(C)c1ccc(O)c(C)c1.COc1cc(N)ccc1O.Cc1cc(N)ccc1O.Cc1cc(NS(C)(=O)=O)ccc1O.Cl.O=S(=O)(Nc1ccc(O)cc1)c1ccccc1. The Bertz CT molecular complexity index is 3810. The molecule has 8 rings (SSSR count). The molecule has 0 aliphatic heterocycles. The number of benzene rings is 8. The first kappa shape index (κ1) is 76.6. The molecule has 89 heavy (non-hydrogen) atoms. The van der Waals surface area contributed by atoms with Gasteiger partial charge in [-0.1, -0.05) is 18.2 Å². The quantitative estimate of drug-likeness (QED) is 0.0325. The van der Waals surface area contributed by atoms with Gasteiger partial charge in [0.1, 0.15) is 34.5 Å². The van der Waals surface area contributed by atoms with Crippen LogP contribution in [0.4, 0.5) is 51.2 Å². The van der Waals surface area contributed by atoms with Crippen LogP contribution in [0.1, 0.15) is 44.4 Å². The Hall–Kier alpha value is -10.4. The lowest BCUT2D eigenvalue weighted by atomic mass is 10.2. The van der Waals surface area contributed by atoms with E-state index in [0.29, 0.717) is 62.6 Å². The highest BCUT2D eigenvalue weighted by Gasteiger charge is 2.13. The largest absolute Gasteiger partial charge is 0.508 e. The summed E-state index contributed by atoms with van der Waals surface area (Å²) in [6.07, 6.45) is 1.08. The number of carbonyl (C=O) groups excluding carboxylic acids is 3. The number of halogens is 1. The van der Waals surface area contributed by atoms with E-state index >= 15 is 0 Å². The van der Waals surface area contributed by atoms with Crippen LogP contribution in [0, 0.1) is 20.8 Å². The van der Waals surface area contributed by atoms with Gasteiger partial charge in [-0.25, -0.2) is 16.8 Å². The summed E-state index contributed by atoms with van der Waals surface area (Å²) >= 11 is 0. The second kappa shape index (κ2) is 37.2. The van der Waals surface area contributed by atoms with Gasteiger partial charge in [-0.3, -0.25) is 23.8 Å². The van der Waals surface area contributed by atoms with Gasteiger partial charge in [0.15, 0.2) is 11.5 Å². The van der Waals surface area contributed by atoms with Crippen molar-refractivity contribution in [1.29, 1.82) is 0 Å². The number of aromatic hydroxyl groups is 7. The van der Waals surface area contributed by atoms with Crippen LogP contribution in [0.25, 0.3) is 0 Å². The van der Waals surface area contributed by atoms with Gasteiger partial charge in [-0.15, -0.1) is 12.4 Å². The first-order valence-electron chi connectivity index (χ1n) is 26.2. The predicted octanol–water partition coefficient (Wildman–Crippen LogP) is 10.4. The van der Waals surface area contributed by atoms with Gasteiger partial charge < -0.3 is 78.5 Å². The Morgan fingerprint density at radius 2 is 0.899 bits per heavy atom. The summed E-state index contributed by atoms with van der Waals surface area (Å²) in [6.45, 7) is 12.6. The molecule has 480 valence electrons. The molecule has 18 N–H and O–H groups in total. The van der Waals surface area contributed by atoms with Crippen molar-refractivity contribution >= 4 is 101 Å². The lowest BCUT2D eigenvalue weighted by molar-refractivity contribution is -0.115. The fraction of sp³-hybridized carbons (Fsp3) is 0.177. The van der Waals surface area contributed by atoms with Gasteiger partial charge in [0.2, 0.25) is 27.7 Å². The number of nitrogens with two attached hydrogens (primary N) is 3. The van der Waals surface area contributed by atoms with E-state index in [1.54, 1.807) is 79.7 Å². The average molecular weight is 1290 g/mol. The van der Waals surface area contributed by atoms with Crippen LogP contribution >= 0.6 is 12.4 Å². The van der Waals surface area contributed by atoms with Crippen LogP contribution in [0.3, 0.4) is 0 Å². The van der Waals surface area contributed by atoms with Gasteiger partial charge >= 0.3 is 0 Å². The van der Waals surface area contributed by atoms with E-state index in [0.717, 1.165) is 29.6 Å². The zero-order chi connectivity index (χ0) is 66.5. The zero-order valence-electron chi connectivity index (χ0n) is 50.6. The number of nitrogen functional groups attached to an aromatic ring is 3. The molecule has 8 aromatic carbocycles. The van der Waals surface area contributed by atoms with Crippen LogP contribution in [0.2, 0.25) is 0 Å². The molecule has 0 aliphatic rings. The molecule has 0 unspecified atom stereocenters. The van der Waals surface area contributed by atoms with Crippen LogP contribution in [-0.2, 0) is 34.4 Å². The van der Waals surface area contributed by atoms with Crippen molar-refractivity contribution in [2.45, 2.75) is 53.4 Å². The highest BCUT2D eigenvalue weighted by Crippen LogP contribution is 2.29. The minimum absolute atomic E-state index is 0. The lowest BCUT2D eigenvalue weighted by Gasteiger charge is -2.17. The van der Waals surface area contributed by atoms with E-state index < -0.39 is 20.0 Å². The number of nitrogens with one attached hydrogen (secondary N) is 5. The molecule has 0 saturated heterocycles. The maximum Gasteiger partial charge on any atom is 0.261 e. The molecule has 0 bridgehead atoms. The smallest absolute Gasteiger partial charge is 0.261 e. The number of phenolic OH excluding ortho intramolecular Hbond substituents is 7. The molecule has 0 spiro atoms. The topological polar surface area (TPSA) is 412 Å². The number of phenols is 7. The highest BCUT2D eigenvalue weighted by molar-refractivity contribution is 7.92. The standard InChI is InChI=1S/C12H11NO3S.C10H12N2O3.C10H15NO.C8H10N2O2.C8H11NO3S.C7H9NO2.C7H9NO.ClH/c14-11-8-6-10(7-9-11)13-17(15,16)12-4-2-1-3-5-12;1-6(13)11-8-3-4-10(15)9(5-8)12-7(2)14;1-4-11(3)9-5-6-10(12)8(2)7-9;1-5(11)10-7-4-6(9)2-3-8(7)12;1-6-5-7(3-4-8(6)10)9-13(2,11)12;1-10-7-4-5(8)2-3-6(7)9;1-5-4-6(8)2-3-7(5)9;/h1-9,13-14H;3-5,15H,1-2H3,(H,11,13)(H,12,14);5-7,12H,4H2,1-3H3;2-4,12H,9H2,1H3,(H,10,11);3-5,9-10H,1-2H3;2-4,9H,8H2,1H3;2-4,9H,8H2,1H3;1H. The highest BCUT2D eigenvalue weighted by atomic mass is 35.5. The van der Waals surface area contributed by atoms with Crippen LogP contribution in [0.5, 0.6) is 46.0 Å². The van der Waals surface area contributed by atoms with E-state index in [-0.39, 0.29) is 69.5 Å². The summed E-state index contributed by atoms with van der Waals surface area (Å²) in [5.74, 6) is 0.644. The summed E-state index contributed by atoms with van der Waals surface area (Å²) < 4.78 is 55.0. The fourth-order valence-corrected chi connectivity index (χ4v) is 8.29. The van der Waals surface area contributed by atoms with Crippen molar-refractivity contribution in [1.82, 2.24) is 0 Å². The molecule has 0 aromatic heterocycles. The summed E-state index contributed by atoms with van der Waals surface area (Å²) in [6, 6.07) is 42.7. The molecule has 3 amide bonds. The van der Waals surface area contributed by atoms with Crippen LogP contribution in [0.15, 0.2) is 169 Å². The molecule has 0 fully saturated rings.